The van der Waals surface area contributed by atoms with Crippen LogP contribution < -0.4 is 11.2 Å². The fourth-order valence-corrected chi connectivity index (χ4v) is 0.943. The minimum Gasteiger partial charge on any atom is -0.448 e. The second-order valence-electron chi connectivity index (χ2n) is 2.94. The van der Waals surface area contributed by atoms with Gasteiger partial charge in [0.15, 0.2) is 0 Å². The van der Waals surface area contributed by atoms with E-state index in [-0.39, 0.29) is 0 Å². The smallest absolute Gasteiger partial charge is 0.303 e. The predicted octanol–water partition coefficient (Wildman–Crippen LogP) is -2.16. The molecule has 9 heteroatoms. The second-order valence-corrected chi connectivity index (χ2v) is 2.94. The van der Waals surface area contributed by atoms with E-state index in [4.69, 9.17) is 10.9 Å². The van der Waals surface area contributed by atoms with E-state index in [0.29, 0.717) is 0 Å². The van der Waals surface area contributed by atoms with E-state index in [1.807, 2.05) is 0 Å². The molecule has 2 unspecified atom stereocenters. The Hall–Kier alpha value is -2.16. The Morgan fingerprint density at radius 3 is 1.76 bits per heavy atom. The number of primary amides is 1. The van der Waals surface area contributed by atoms with Crippen LogP contribution in [-0.4, -0.2) is 41.2 Å². The number of esters is 2. The van der Waals surface area contributed by atoms with Crippen molar-refractivity contribution < 1.29 is 33.9 Å². The molecule has 0 heterocycles. The molecule has 0 saturated heterocycles. The highest BCUT2D eigenvalue weighted by molar-refractivity contribution is 5.92. The van der Waals surface area contributed by atoms with Crippen LogP contribution >= 0.6 is 0 Å². The van der Waals surface area contributed by atoms with Crippen molar-refractivity contribution in [1.82, 2.24) is 5.48 Å². The van der Waals surface area contributed by atoms with E-state index in [1.54, 1.807) is 0 Å². The van der Waals surface area contributed by atoms with Crippen molar-refractivity contribution in [3.63, 3.8) is 0 Å². The molecule has 0 rings (SSSR count). The van der Waals surface area contributed by atoms with Gasteiger partial charge in [0, 0.05) is 13.8 Å². The van der Waals surface area contributed by atoms with E-state index in [0.717, 1.165) is 19.3 Å². The monoisotopic (exact) mass is 248 g/mol. The fraction of sp³-hybridized carbons (Fsp3) is 0.500. The Morgan fingerprint density at radius 1 is 1.06 bits per heavy atom. The molecule has 4 N–H and O–H groups in total. The van der Waals surface area contributed by atoms with Gasteiger partial charge in [0.25, 0.3) is 11.8 Å². The molecule has 0 radical (unpaired) electrons. The van der Waals surface area contributed by atoms with Crippen molar-refractivity contribution >= 4 is 23.8 Å². The third kappa shape index (κ3) is 4.93. The quantitative estimate of drug-likeness (QED) is 0.285. The summed E-state index contributed by atoms with van der Waals surface area (Å²) >= 11 is 0. The van der Waals surface area contributed by atoms with Crippen LogP contribution in [0.4, 0.5) is 0 Å². The van der Waals surface area contributed by atoms with Crippen molar-refractivity contribution in [3.05, 3.63) is 0 Å². The van der Waals surface area contributed by atoms with Gasteiger partial charge in [-0.3, -0.25) is 24.4 Å². The molecule has 17 heavy (non-hydrogen) atoms. The molecule has 2 atom stereocenters. The van der Waals surface area contributed by atoms with Gasteiger partial charge >= 0.3 is 11.9 Å². The van der Waals surface area contributed by atoms with E-state index < -0.39 is 36.0 Å². The minimum absolute atomic E-state index is 0.906. The highest BCUT2D eigenvalue weighted by Gasteiger charge is 2.37. The third-order valence-corrected chi connectivity index (χ3v) is 1.51. The first-order chi connectivity index (χ1) is 7.79. The van der Waals surface area contributed by atoms with E-state index >= 15 is 0 Å². The average Bonchev–Trinajstić information content (AvgIpc) is 2.21. The second kappa shape index (κ2) is 6.43. The topological polar surface area (TPSA) is 145 Å². The molecule has 0 fully saturated rings. The lowest BCUT2D eigenvalue weighted by Gasteiger charge is -2.21. The molecule has 0 aliphatic rings. The zero-order chi connectivity index (χ0) is 13.6. The first-order valence-electron chi connectivity index (χ1n) is 4.37. The lowest BCUT2D eigenvalue weighted by molar-refractivity contribution is -0.176. The van der Waals surface area contributed by atoms with Crippen molar-refractivity contribution in [2.24, 2.45) is 5.73 Å². The molecule has 0 aromatic heterocycles. The largest absolute Gasteiger partial charge is 0.448 e. The number of amides is 2. The number of carbonyl (C=O) groups is 4. The fourth-order valence-electron chi connectivity index (χ4n) is 0.943. The van der Waals surface area contributed by atoms with Gasteiger partial charge in [-0.2, -0.15) is 0 Å². The molecule has 2 amide bonds. The van der Waals surface area contributed by atoms with Crippen LogP contribution in [0.15, 0.2) is 0 Å². The van der Waals surface area contributed by atoms with Gasteiger partial charge in [-0.25, -0.2) is 5.48 Å². The molecular weight excluding hydrogens is 236 g/mol. The summed E-state index contributed by atoms with van der Waals surface area (Å²) < 4.78 is 8.87. The molecule has 0 aromatic carbocycles. The summed E-state index contributed by atoms with van der Waals surface area (Å²) in [6, 6.07) is 0. The number of hydrogen-bond acceptors (Lipinski definition) is 7. The van der Waals surface area contributed by atoms with Gasteiger partial charge in [-0.15, -0.1) is 0 Å². The summed E-state index contributed by atoms with van der Waals surface area (Å²) in [6.45, 7) is 1.93. The SMILES string of the molecule is CC(=O)OC(C(N)=O)C(OC(C)=O)C(=O)NO. The zero-order valence-electron chi connectivity index (χ0n) is 9.13. The number of ether oxygens (including phenoxy) is 2. The molecule has 0 saturated carbocycles. The maximum absolute atomic E-state index is 11.1. The summed E-state index contributed by atoms with van der Waals surface area (Å²) in [5.41, 5.74) is 6.05. The van der Waals surface area contributed by atoms with Gasteiger partial charge in [0.2, 0.25) is 12.2 Å². The van der Waals surface area contributed by atoms with E-state index in [2.05, 4.69) is 9.47 Å². The molecule has 0 aliphatic heterocycles. The number of hydroxylamine groups is 1. The average molecular weight is 248 g/mol. The standard InChI is InChI=1S/C8H12N2O7/c1-3(11)16-5(7(9)13)6(8(14)10-15)17-4(2)12/h5-6,15H,1-2H3,(H2,9,13)(H,10,14). The van der Waals surface area contributed by atoms with E-state index in [9.17, 15) is 19.2 Å². The number of rotatable bonds is 5. The minimum atomic E-state index is -1.85. The number of nitrogens with one attached hydrogen (secondary N) is 1. The predicted molar refractivity (Wildman–Crippen MR) is 50.2 cm³/mol. The van der Waals surface area contributed by atoms with Crippen LogP contribution in [0.25, 0.3) is 0 Å². The molecule has 9 nitrogen and oxygen atoms in total. The Kier molecular flexibility index (Phi) is 5.61. The van der Waals surface area contributed by atoms with Crippen LogP contribution in [0.5, 0.6) is 0 Å². The van der Waals surface area contributed by atoms with Crippen LogP contribution in [-0.2, 0) is 28.7 Å². The number of hydrogen-bond donors (Lipinski definition) is 3. The lowest BCUT2D eigenvalue weighted by atomic mass is 10.2. The maximum atomic E-state index is 11.1. The summed E-state index contributed by atoms with van der Waals surface area (Å²) in [5.74, 6) is -4.27. The Labute approximate surface area is 95.8 Å². The van der Waals surface area contributed by atoms with Gasteiger partial charge in [-0.1, -0.05) is 0 Å². The van der Waals surface area contributed by atoms with Crippen molar-refractivity contribution in [2.75, 3.05) is 0 Å². The highest BCUT2D eigenvalue weighted by atomic mass is 16.6. The van der Waals surface area contributed by atoms with Crippen LogP contribution in [0.1, 0.15) is 13.8 Å². The van der Waals surface area contributed by atoms with Gasteiger partial charge < -0.3 is 15.2 Å². The van der Waals surface area contributed by atoms with Crippen LogP contribution in [0.2, 0.25) is 0 Å². The summed E-state index contributed by atoms with van der Waals surface area (Å²) in [4.78, 5) is 43.5. The summed E-state index contributed by atoms with van der Waals surface area (Å²) in [6.07, 6.45) is -3.66. The Balaban J connectivity index is 5.05. The van der Waals surface area contributed by atoms with Crippen molar-refractivity contribution in [1.29, 1.82) is 0 Å². The molecular formula is C8H12N2O7. The number of nitrogens with two attached hydrogens (primary N) is 1. The first kappa shape index (κ1) is 14.8. The molecule has 96 valence electrons. The highest BCUT2D eigenvalue weighted by Crippen LogP contribution is 2.06. The van der Waals surface area contributed by atoms with Crippen LogP contribution in [0.3, 0.4) is 0 Å². The molecule has 0 aromatic rings. The normalized spacial score (nSPS) is 13.1. The summed E-state index contributed by atoms with van der Waals surface area (Å²) in [7, 11) is 0. The molecule has 0 bridgehead atoms. The first-order valence-corrected chi connectivity index (χ1v) is 4.37. The number of carbonyl (C=O) groups excluding carboxylic acids is 4. The summed E-state index contributed by atoms with van der Waals surface area (Å²) in [5, 5.41) is 8.40. The maximum Gasteiger partial charge on any atom is 0.303 e. The Bertz CT molecular complexity index is 341. The zero-order valence-corrected chi connectivity index (χ0v) is 9.13. The van der Waals surface area contributed by atoms with Gasteiger partial charge in [0.1, 0.15) is 0 Å². The van der Waals surface area contributed by atoms with E-state index in [1.165, 1.54) is 0 Å². The third-order valence-electron chi connectivity index (χ3n) is 1.51. The van der Waals surface area contributed by atoms with Gasteiger partial charge in [0.05, 0.1) is 0 Å². The Morgan fingerprint density at radius 2 is 1.47 bits per heavy atom. The lowest BCUT2D eigenvalue weighted by Crippen LogP contribution is -2.51. The van der Waals surface area contributed by atoms with Crippen LogP contribution in [0, 0.1) is 0 Å². The molecule has 0 aliphatic carbocycles. The van der Waals surface area contributed by atoms with Crippen molar-refractivity contribution in [3.8, 4) is 0 Å². The van der Waals surface area contributed by atoms with Gasteiger partial charge in [-0.05, 0) is 0 Å². The van der Waals surface area contributed by atoms with Crippen molar-refractivity contribution in [2.45, 2.75) is 26.1 Å². The molecule has 0 spiro atoms.